The monoisotopic (exact) mass is 209 g/mol. The maximum Gasteiger partial charge on any atom is 0.102 e. The van der Waals surface area contributed by atoms with E-state index >= 15 is 0 Å². The highest BCUT2D eigenvalue weighted by Crippen LogP contribution is 2.28. The van der Waals surface area contributed by atoms with E-state index in [0.717, 1.165) is 16.7 Å². The van der Waals surface area contributed by atoms with Crippen LogP contribution in [0.3, 0.4) is 0 Å². The van der Waals surface area contributed by atoms with Crippen molar-refractivity contribution in [1.82, 2.24) is 4.98 Å². The van der Waals surface area contributed by atoms with Crippen molar-refractivity contribution in [3.05, 3.63) is 47.8 Å². The van der Waals surface area contributed by atoms with E-state index in [4.69, 9.17) is 11.0 Å². The van der Waals surface area contributed by atoms with E-state index in [2.05, 4.69) is 11.1 Å². The summed E-state index contributed by atoms with van der Waals surface area (Å²) < 4.78 is 0. The molecule has 0 aliphatic heterocycles. The van der Waals surface area contributed by atoms with E-state index in [1.165, 1.54) is 0 Å². The van der Waals surface area contributed by atoms with Gasteiger partial charge in [-0.3, -0.25) is 4.98 Å². The van der Waals surface area contributed by atoms with Gasteiger partial charge < -0.3 is 5.73 Å². The number of nitrogens with two attached hydrogens (primary N) is 1. The molecule has 0 fully saturated rings. The van der Waals surface area contributed by atoms with Crippen LogP contribution in [-0.2, 0) is 0 Å². The van der Waals surface area contributed by atoms with Crippen molar-refractivity contribution in [1.29, 1.82) is 5.26 Å². The van der Waals surface area contributed by atoms with E-state index < -0.39 is 0 Å². The zero-order chi connectivity index (χ0) is 11.5. The Labute approximate surface area is 94.2 Å². The number of aryl methyl sites for hydroxylation is 1. The lowest BCUT2D eigenvalue weighted by molar-refractivity contribution is 1.32. The van der Waals surface area contributed by atoms with Crippen molar-refractivity contribution >= 4 is 5.69 Å². The quantitative estimate of drug-likeness (QED) is 0.734. The fraction of sp³-hybridized carbons (Fsp3) is 0.0769. The van der Waals surface area contributed by atoms with Crippen LogP contribution in [0.1, 0.15) is 11.1 Å². The predicted octanol–water partition coefficient (Wildman–Crippen LogP) is 2.51. The first-order valence-electron chi connectivity index (χ1n) is 4.93. The summed E-state index contributed by atoms with van der Waals surface area (Å²) in [7, 11) is 0. The Morgan fingerprint density at radius 2 is 1.88 bits per heavy atom. The maximum absolute atomic E-state index is 9.14. The third-order valence-electron chi connectivity index (χ3n) is 2.57. The number of nitriles is 1. The molecule has 3 heteroatoms. The van der Waals surface area contributed by atoms with E-state index in [9.17, 15) is 0 Å². The number of benzene rings is 1. The molecule has 2 N–H and O–H groups in total. The number of nitrogen functional groups attached to an aromatic ring is 1. The molecule has 0 bridgehead atoms. The summed E-state index contributed by atoms with van der Waals surface area (Å²) in [5.41, 5.74) is 9.72. The summed E-state index contributed by atoms with van der Waals surface area (Å²) in [6, 6.07) is 9.73. The van der Waals surface area contributed by atoms with Gasteiger partial charge in [0.1, 0.15) is 6.07 Å². The fourth-order valence-electron chi connectivity index (χ4n) is 1.62. The fourth-order valence-corrected chi connectivity index (χ4v) is 1.62. The van der Waals surface area contributed by atoms with Crippen LogP contribution in [0.2, 0.25) is 0 Å². The molecule has 2 rings (SSSR count). The first-order valence-corrected chi connectivity index (χ1v) is 4.93. The Morgan fingerprint density at radius 3 is 2.50 bits per heavy atom. The normalized spacial score (nSPS) is 9.75. The molecular weight excluding hydrogens is 198 g/mol. The molecule has 3 nitrogen and oxygen atoms in total. The number of hydrogen-bond donors (Lipinski definition) is 1. The molecule has 0 saturated carbocycles. The zero-order valence-corrected chi connectivity index (χ0v) is 8.94. The molecule has 0 amide bonds. The largest absolute Gasteiger partial charge is 0.397 e. The van der Waals surface area contributed by atoms with Crippen LogP contribution >= 0.6 is 0 Å². The summed E-state index contributed by atoms with van der Waals surface area (Å²) in [4.78, 5) is 3.95. The lowest BCUT2D eigenvalue weighted by atomic mass is 9.97. The standard InChI is InChI=1S/C13H11N3/c1-9-2-3-11(12(8-14)13(9)15)10-4-6-16-7-5-10/h2-7H,15H2,1H3. The van der Waals surface area contributed by atoms with Gasteiger partial charge in [-0.25, -0.2) is 0 Å². The Kier molecular flexibility index (Phi) is 2.57. The van der Waals surface area contributed by atoms with Gasteiger partial charge in [0.2, 0.25) is 0 Å². The molecule has 0 aliphatic carbocycles. The molecule has 0 unspecified atom stereocenters. The number of aromatic nitrogens is 1. The highest BCUT2D eigenvalue weighted by molar-refractivity contribution is 5.78. The van der Waals surface area contributed by atoms with Gasteiger partial charge >= 0.3 is 0 Å². The number of pyridine rings is 1. The third kappa shape index (κ3) is 1.61. The van der Waals surface area contributed by atoms with Crippen LogP contribution in [-0.4, -0.2) is 4.98 Å². The minimum Gasteiger partial charge on any atom is -0.397 e. The van der Waals surface area contributed by atoms with Crippen LogP contribution in [0.5, 0.6) is 0 Å². The van der Waals surface area contributed by atoms with Crippen molar-refractivity contribution in [2.75, 3.05) is 5.73 Å². The molecule has 2 aromatic rings. The average Bonchev–Trinajstić information content (AvgIpc) is 2.33. The molecule has 0 atom stereocenters. The summed E-state index contributed by atoms with van der Waals surface area (Å²) in [5, 5.41) is 9.14. The molecular formula is C13H11N3. The van der Waals surface area contributed by atoms with Gasteiger partial charge in [-0.15, -0.1) is 0 Å². The minimum atomic E-state index is 0.534. The van der Waals surface area contributed by atoms with Gasteiger partial charge in [-0.2, -0.15) is 5.26 Å². The molecule has 1 aromatic heterocycles. The molecule has 1 aromatic carbocycles. The van der Waals surface area contributed by atoms with Crippen LogP contribution in [0.15, 0.2) is 36.7 Å². The SMILES string of the molecule is Cc1ccc(-c2ccncc2)c(C#N)c1N. The number of anilines is 1. The number of hydrogen-bond acceptors (Lipinski definition) is 3. The summed E-state index contributed by atoms with van der Waals surface area (Å²) in [5.74, 6) is 0. The lowest BCUT2D eigenvalue weighted by Gasteiger charge is -2.08. The van der Waals surface area contributed by atoms with Crippen LogP contribution in [0.25, 0.3) is 11.1 Å². The lowest BCUT2D eigenvalue weighted by Crippen LogP contribution is -1.96. The van der Waals surface area contributed by atoms with E-state index in [1.54, 1.807) is 12.4 Å². The van der Waals surface area contributed by atoms with Crippen LogP contribution < -0.4 is 5.73 Å². The summed E-state index contributed by atoms with van der Waals surface area (Å²) in [6.07, 6.45) is 3.40. The molecule has 0 spiro atoms. The summed E-state index contributed by atoms with van der Waals surface area (Å²) >= 11 is 0. The smallest absolute Gasteiger partial charge is 0.102 e. The highest BCUT2D eigenvalue weighted by Gasteiger charge is 2.09. The molecule has 0 aliphatic rings. The van der Waals surface area contributed by atoms with Gasteiger partial charge in [0, 0.05) is 18.0 Å². The third-order valence-corrected chi connectivity index (χ3v) is 2.57. The molecule has 1 heterocycles. The first kappa shape index (κ1) is 10.2. The summed E-state index contributed by atoms with van der Waals surface area (Å²) in [6.45, 7) is 1.90. The molecule has 0 saturated heterocycles. The second-order valence-corrected chi connectivity index (χ2v) is 3.57. The van der Waals surface area contributed by atoms with Crippen molar-refractivity contribution in [2.45, 2.75) is 6.92 Å². The van der Waals surface area contributed by atoms with Crippen molar-refractivity contribution in [3.63, 3.8) is 0 Å². The topological polar surface area (TPSA) is 62.7 Å². The molecule has 16 heavy (non-hydrogen) atoms. The van der Waals surface area contributed by atoms with Crippen molar-refractivity contribution in [2.24, 2.45) is 0 Å². The Morgan fingerprint density at radius 1 is 1.19 bits per heavy atom. The second kappa shape index (κ2) is 4.03. The van der Waals surface area contributed by atoms with Crippen molar-refractivity contribution in [3.8, 4) is 17.2 Å². The average molecular weight is 209 g/mol. The van der Waals surface area contributed by atoms with Crippen LogP contribution in [0.4, 0.5) is 5.69 Å². The Bertz CT molecular complexity index is 553. The first-order chi connectivity index (χ1) is 7.74. The number of rotatable bonds is 1. The van der Waals surface area contributed by atoms with Gasteiger partial charge in [0.15, 0.2) is 0 Å². The number of nitrogens with zero attached hydrogens (tertiary/aromatic N) is 2. The van der Waals surface area contributed by atoms with Crippen molar-refractivity contribution < 1.29 is 0 Å². The van der Waals surface area contributed by atoms with E-state index in [-0.39, 0.29) is 0 Å². The highest BCUT2D eigenvalue weighted by atomic mass is 14.6. The minimum absolute atomic E-state index is 0.534. The van der Waals surface area contributed by atoms with Gasteiger partial charge in [0.25, 0.3) is 0 Å². The van der Waals surface area contributed by atoms with Gasteiger partial charge in [0.05, 0.1) is 11.3 Å². The van der Waals surface area contributed by atoms with Gasteiger partial charge in [-0.05, 0) is 30.2 Å². The van der Waals surface area contributed by atoms with Crippen LogP contribution in [0, 0.1) is 18.3 Å². The Hall–Kier alpha value is -2.34. The second-order valence-electron chi connectivity index (χ2n) is 3.57. The van der Waals surface area contributed by atoms with E-state index in [1.807, 2.05) is 31.2 Å². The zero-order valence-electron chi connectivity index (χ0n) is 8.94. The van der Waals surface area contributed by atoms with E-state index in [0.29, 0.717) is 11.3 Å². The maximum atomic E-state index is 9.14. The Balaban J connectivity index is 2.68. The predicted molar refractivity (Wildman–Crippen MR) is 63.5 cm³/mol. The molecule has 0 radical (unpaired) electrons. The molecule has 78 valence electrons. The van der Waals surface area contributed by atoms with Gasteiger partial charge in [-0.1, -0.05) is 12.1 Å².